The Bertz CT molecular complexity index is 1960. The third-order valence-electron chi connectivity index (χ3n) is 18.4. The number of nitrogens with zero attached hydrogens (tertiary/aromatic N) is 1. The van der Waals surface area contributed by atoms with Crippen molar-refractivity contribution in [2.75, 3.05) is 47.5 Å². The molecule has 0 bridgehead atoms. The van der Waals surface area contributed by atoms with E-state index in [4.69, 9.17) is 18.5 Å². The molecule has 97 heavy (non-hydrogen) atoms. The smallest absolute Gasteiger partial charge is 0.462 e. The summed E-state index contributed by atoms with van der Waals surface area (Å²) >= 11 is 0. The number of carbonyl (C=O) groups is 2. The van der Waals surface area contributed by atoms with Crippen LogP contribution in [0.1, 0.15) is 393 Å². The first-order valence-corrected chi connectivity index (χ1v) is 43.0. The van der Waals surface area contributed by atoms with E-state index in [-0.39, 0.29) is 32.0 Å². The van der Waals surface area contributed by atoms with Crippen LogP contribution in [0.25, 0.3) is 0 Å². The second-order valence-corrected chi connectivity index (χ2v) is 30.6. The van der Waals surface area contributed by atoms with Gasteiger partial charge in [-0.15, -0.1) is 0 Å². The maximum Gasteiger partial charge on any atom is 0.472 e. The van der Waals surface area contributed by atoms with E-state index >= 15 is 0 Å². The average molecular weight is 1380 g/mol. The van der Waals surface area contributed by atoms with Gasteiger partial charge in [-0.25, -0.2) is 4.57 Å². The summed E-state index contributed by atoms with van der Waals surface area (Å²) in [4.78, 5) is 36.0. The van der Waals surface area contributed by atoms with Gasteiger partial charge in [-0.2, -0.15) is 0 Å². The molecule has 0 rings (SSSR count). The Kier molecular flexibility index (Phi) is 74.7. The molecular weight excluding hydrogens is 1220 g/mol. The maximum absolute atomic E-state index is 12.9. The molecule has 0 aromatic carbocycles. The number of hydrogen-bond acceptors (Lipinski definition) is 7. The largest absolute Gasteiger partial charge is 0.472 e. The van der Waals surface area contributed by atoms with E-state index in [1.807, 2.05) is 21.1 Å². The zero-order valence-electron chi connectivity index (χ0n) is 64.6. The number of phosphoric ester groups is 1. The summed E-state index contributed by atoms with van der Waals surface area (Å²) in [7, 11) is 1.48. The van der Waals surface area contributed by atoms with E-state index < -0.39 is 26.5 Å². The second-order valence-electron chi connectivity index (χ2n) is 29.1. The van der Waals surface area contributed by atoms with Crippen LogP contribution in [0.4, 0.5) is 0 Å². The summed E-state index contributed by atoms with van der Waals surface area (Å²) in [5.74, 6) is -0.789. The van der Waals surface area contributed by atoms with Crippen molar-refractivity contribution in [3.8, 4) is 0 Å². The van der Waals surface area contributed by atoms with Crippen molar-refractivity contribution in [1.82, 2.24) is 0 Å². The highest BCUT2D eigenvalue weighted by atomic mass is 31.2. The zero-order chi connectivity index (χ0) is 70.4. The van der Waals surface area contributed by atoms with Crippen LogP contribution in [0, 0.1) is 0 Å². The molecule has 2 atom stereocenters. The molecule has 0 saturated carbocycles. The zero-order valence-corrected chi connectivity index (χ0v) is 65.5. The van der Waals surface area contributed by atoms with Gasteiger partial charge in [-0.3, -0.25) is 18.6 Å². The molecule has 0 radical (unpaired) electrons. The summed E-state index contributed by atoms with van der Waals surface area (Å²) < 4.78 is 34.8. The van der Waals surface area contributed by atoms with Gasteiger partial charge in [0.2, 0.25) is 0 Å². The lowest BCUT2D eigenvalue weighted by molar-refractivity contribution is -0.870. The summed E-state index contributed by atoms with van der Waals surface area (Å²) in [6, 6.07) is 0. The van der Waals surface area contributed by atoms with E-state index in [9.17, 15) is 19.0 Å². The quantitative estimate of drug-likeness (QED) is 0.0211. The molecule has 9 nitrogen and oxygen atoms in total. The number of rotatable bonds is 77. The van der Waals surface area contributed by atoms with Crippen molar-refractivity contribution >= 4 is 19.8 Å². The highest BCUT2D eigenvalue weighted by Gasteiger charge is 2.27. The molecule has 0 heterocycles. The minimum absolute atomic E-state index is 0.0289. The first-order valence-electron chi connectivity index (χ1n) is 41.5. The molecule has 0 aromatic rings. The lowest BCUT2D eigenvalue weighted by atomic mass is 10.0. The lowest BCUT2D eigenvalue weighted by Crippen LogP contribution is -2.37. The van der Waals surface area contributed by atoms with Crippen molar-refractivity contribution in [3.63, 3.8) is 0 Å². The van der Waals surface area contributed by atoms with E-state index in [0.29, 0.717) is 17.4 Å². The first kappa shape index (κ1) is 93.9. The molecule has 0 aliphatic heterocycles. The Morgan fingerprint density at radius 2 is 0.588 bits per heavy atom. The Labute approximate surface area is 602 Å². The van der Waals surface area contributed by atoms with Crippen LogP contribution in [0.2, 0.25) is 0 Å². The third-order valence-corrected chi connectivity index (χ3v) is 19.4. The Morgan fingerprint density at radius 1 is 0.330 bits per heavy atom. The minimum Gasteiger partial charge on any atom is -0.462 e. The van der Waals surface area contributed by atoms with Crippen molar-refractivity contribution in [2.24, 2.45) is 0 Å². The molecular formula is C87H159NO8P+. The molecule has 0 aromatic heterocycles. The monoisotopic (exact) mass is 1380 g/mol. The predicted octanol–water partition coefficient (Wildman–Crippen LogP) is 27.8. The van der Waals surface area contributed by atoms with Crippen LogP contribution >= 0.6 is 7.82 Å². The number of allylic oxidation sites excluding steroid dienone is 16. The summed E-state index contributed by atoms with van der Waals surface area (Å²) in [5, 5.41) is 0. The topological polar surface area (TPSA) is 108 Å². The van der Waals surface area contributed by atoms with Crippen LogP contribution in [0.15, 0.2) is 97.2 Å². The van der Waals surface area contributed by atoms with Crippen molar-refractivity contribution in [3.05, 3.63) is 97.2 Å². The van der Waals surface area contributed by atoms with Gasteiger partial charge in [-0.05, 0) is 77.0 Å². The fourth-order valence-electron chi connectivity index (χ4n) is 12.1. The molecule has 564 valence electrons. The van der Waals surface area contributed by atoms with Crippen LogP contribution in [0.5, 0.6) is 0 Å². The number of phosphoric acid groups is 1. The average Bonchev–Trinajstić information content (AvgIpc) is 1.69. The van der Waals surface area contributed by atoms with Crippen LogP contribution in [-0.4, -0.2) is 74.9 Å². The van der Waals surface area contributed by atoms with Crippen LogP contribution in [0.3, 0.4) is 0 Å². The molecule has 0 aliphatic rings. The third kappa shape index (κ3) is 81.8. The number of carbonyl (C=O) groups excluding carboxylic acids is 2. The Balaban J connectivity index is 3.95. The van der Waals surface area contributed by atoms with Gasteiger partial charge in [0.15, 0.2) is 6.10 Å². The van der Waals surface area contributed by atoms with E-state index in [2.05, 4.69) is 111 Å². The summed E-state index contributed by atoms with van der Waals surface area (Å²) in [5.41, 5.74) is 0. The second kappa shape index (κ2) is 77.1. The fourth-order valence-corrected chi connectivity index (χ4v) is 12.8. The van der Waals surface area contributed by atoms with Gasteiger partial charge in [-0.1, -0.05) is 400 Å². The van der Waals surface area contributed by atoms with Gasteiger partial charge in [0.25, 0.3) is 0 Å². The summed E-state index contributed by atoms with van der Waals surface area (Å²) in [6.45, 7) is 4.37. The SMILES string of the molecule is CC/C=C\C/C=C\C/C=C\C/C=C\C/C=C\C/C=C\C/C=C\C/C=C\CCCCCCCCCCCCC(=O)OC(COC(=O)CCCCCCCCCCCCCCCCCCCCCCCCCCCCCCCCCCCCCCCC)COP(=O)(O)OCC[N+](C)(C)C. The highest BCUT2D eigenvalue weighted by Crippen LogP contribution is 2.43. The molecule has 0 aliphatic carbocycles. The molecule has 2 unspecified atom stereocenters. The minimum atomic E-state index is -4.40. The molecule has 0 saturated heterocycles. The normalized spacial score (nSPS) is 13.5. The summed E-state index contributed by atoms with van der Waals surface area (Å²) in [6.07, 6.45) is 109. The van der Waals surface area contributed by atoms with Crippen molar-refractivity contribution in [2.45, 2.75) is 399 Å². The van der Waals surface area contributed by atoms with Gasteiger partial charge >= 0.3 is 19.8 Å². The molecule has 1 N–H and O–H groups in total. The van der Waals surface area contributed by atoms with Gasteiger partial charge in [0.05, 0.1) is 27.7 Å². The Hall–Kier alpha value is -3.07. The van der Waals surface area contributed by atoms with Crippen molar-refractivity contribution < 1.29 is 42.1 Å². The number of likely N-dealkylation sites (N-methyl/N-ethyl adjacent to an activating group) is 1. The molecule has 0 fully saturated rings. The Morgan fingerprint density at radius 3 is 0.876 bits per heavy atom. The number of ether oxygens (including phenoxy) is 2. The number of esters is 2. The van der Waals surface area contributed by atoms with Gasteiger partial charge < -0.3 is 18.9 Å². The molecule has 10 heteroatoms. The lowest BCUT2D eigenvalue weighted by Gasteiger charge is -2.24. The van der Waals surface area contributed by atoms with E-state index in [1.54, 1.807) is 0 Å². The predicted molar refractivity (Wildman–Crippen MR) is 422 cm³/mol. The van der Waals surface area contributed by atoms with Crippen molar-refractivity contribution in [1.29, 1.82) is 0 Å². The number of hydrogen-bond donors (Lipinski definition) is 1. The van der Waals surface area contributed by atoms with Crippen LogP contribution in [-0.2, 0) is 32.7 Å². The molecule has 0 spiro atoms. The standard InChI is InChI=1S/C87H158NO8P/c1-6-8-10-12-14-16-18-20-22-24-26-28-30-32-34-36-38-40-42-43-44-46-47-49-51-53-55-57-59-61-63-65-67-69-71-73-75-77-79-86(89)93-83-85(84-95-97(91,92)94-82-81-88(3,4)5)96-87(90)80-78-76-74-72-70-68-66-64-62-60-58-56-54-52-50-48-45-41-39-37-35-33-31-29-27-25-23-21-19-17-15-13-11-9-7-2/h9,11,15,17,21,23,27,29,33,35,39,41,48,50,54,56,85H,6-8,10,12-14,16,18-20,22,24-26,28,30-32,34,36-38,40,42-47,49,51-53,55,57-84H2,1-5H3/p+1/b11-9-,17-15-,23-21-,29-27-,35-33-,41-39-,50-48-,56-54-. The highest BCUT2D eigenvalue weighted by molar-refractivity contribution is 7.47. The van der Waals surface area contributed by atoms with Crippen LogP contribution < -0.4 is 0 Å². The number of quaternary nitrogens is 1. The number of unbranched alkanes of at least 4 members (excludes halogenated alkanes) is 47. The molecule has 0 amide bonds. The van der Waals surface area contributed by atoms with E-state index in [0.717, 1.165) is 96.3 Å². The fraction of sp³-hybridized carbons (Fsp3) is 0.793. The van der Waals surface area contributed by atoms with Gasteiger partial charge in [0.1, 0.15) is 19.8 Å². The van der Waals surface area contributed by atoms with Gasteiger partial charge in [0, 0.05) is 12.8 Å². The maximum atomic E-state index is 12.9. The first-order chi connectivity index (χ1) is 47.5. The van der Waals surface area contributed by atoms with E-state index in [1.165, 1.54) is 263 Å².